The Bertz CT molecular complexity index is 545. The molecular weight excluding hydrogens is 391 g/mol. The van der Waals surface area contributed by atoms with Gasteiger partial charge in [-0.05, 0) is 24.5 Å². The topological polar surface area (TPSA) is 56.7 Å². The van der Waals surface area contributed by atoms with E-state index in [0.29, 0.717) is 12.5 Å². The van der Waals surface area contributed by atoms with Gasteiger partial charge in [0.25, 0.3) is 0 Å². The molecule has 0 aliphatic carbocycles. The molecule has 1 aromatic rings. The fourth-order valence-electron chi connectivity index (χ4n) is 2.44. The molecule has 22 heavy (non-hydrogen) atoms. The Labute approximate surface area is 148 Å². The lowest BCUT2D eigenvalue weighted by atomic mass is 10.0. The van der Waals surface area contributed by atoms with E-state index in [1.54, 1.807) is 13.1 Å². The normalized spacial score (nSPS) is 13.7. The van der Waals surface area contributed by atoms with E-state index in [2.05, 4.69) is 28.3 Å². The molecule has 1 amide bonds. The van der Waals surface area contributed by atoms with Crippen LogP contribution in [0.5, 0.6) is 0 Å². The average Bonchev–Trinajstić information content (AvgIpc) is 2.54. The van der Waals surface area contributed by atoms with Crippen LogP contribution in [0.15, 0.2) is 41.9 Å². The summed E-state index contributed by atoms with van der Waals surface area (Å²) in [6.45, 7) is 5.25. The van der Waals surface area contributed by atoms with Crippen molar-refractivity contribution in [3.63, 3.8) is 0 Å². The number of fused-ring (bicyclic) bond motifs is 1. The molecule has 2 rings (SSSR count). The van der Waals surface area contributed by atoms with Gasteiger partial charge in [0.2, 0.25) is 5.91 Å². The molecule has 2 N–H and O–H groups in total. The number of anilines is 1. The van der Waals surface area contributed by atoms with Crippen LogP contribution < -0.4 is 15.5 Å². The van der Waals surface area contributed by atoms with Gasteiger partial charge in [0, 0.05) is 25.8 Å². The predicted octanol–water partition coefficient (Wildman–Crippen LogP) is 1.93. The van der Waals surface area contributed by atoms with Crippen molar-refractivity contribution in [1.29, 1.82) is 0 Å². The molecule has 120 valence electrons. The Morgan fingerprint density at radius 3 is 2.91 bits per heavy atom. The van der Waals surface area contributed by atoms with Crippen molar-refractivity contribution in [2.45, 2.75) is 12.8 Å². The maximum absolute atomic E-state index is 12.4. The van der Waals surface area contributed by atoms with Crippen LogP contribution >= 0.6 is 24.0 Å². The summed E-state index contributed by atoms with van der Waals surface area (Å²) in [4.78, 5) is 18.3. The highest BCUT2D eigenvalue weighted by Gasteiger charge is 2.21. The van der Waals surface area contributed by atoms with Crippen LogP contribution in [-0.4, -0.2) is 38.5 Å². The Morgan fingerprint density at radius 2 is 2.18 bits per heavy atom. The summed E-state index contributed by atoms with van der Waals surface area (Å²) in [5.74, 6) is 0.664. The quantitative estimate of drug-likeness (QED) is 0.343. The van der Waals surface area contributed by atoms with Gasteiger partial charge < -0.3 is 15.5 Å². The summed E-state index contributed by atoms with van der Waals surface area (Å²) in [6, 6.07) is 8.10. The standard InChI is InChI=1S/C16H22N4O.HI/c1-3-10-18-16(17-2)19-12-15(21)20-11-6-8-13-7-4-5-9-14(13)20;/h3-5,7,9H,1,6,8,10-12H2,2H3,(H2,17,18,19);1H. The van der Waals surface area contributed by atoms with Gasteiger partial charge in [-0.2, -0.15) is 0 Å². The predicted molar refractivity (Wildman–Crippen MR) is 102 cm³/mol. The SMILES string of the molecule is C=CCNC(=NC)NCC(=O)N1CCCc2ccccc21.I. The molecule has 0 saturated carbocycles. The highest BCUT2D eigenvalue weighted by Crippen LogP contribution is 2.26. The van der Waals surface area contributed by atoms with Gasteiger partial charge in [-0.25, -0.2) is 0 Å². The molecule has 1 heterocycles. The molecule has 0 fully saturated rings. The number of para-hydroxylation sites is 1. The molecule has 0 atom stereocenters. The van der Waals surface area contributed by atoms with Gasteiger partial charge in [0.1, 0.15) is 0 Å². The molecule has 0 aromatic heterocycles. The zero-order chi connectivity index (χ0) is 15.1. The minimum atomic E-state index is 0. The molecule has 1 aliphatic heterocycles. The highest BCUT2D eigenvalue weighted by atomic mass is 127. The van der Waals surface area contributed by atoms with Crippen LogP contribution in [0.4, 0.5) is 5.69 Å². The van der Waals surface area contributed by atoms with E-state index < -0.39 is 0 Å². The number of aryl methyl sites for hydroxylation is 1. The molecule has 1 aromatic carbocycles. The maximum Gasteiger partial charge on any atom is 0.246 e. The van der Waals surface area contributed by atoms with E-state index in [4.69, 9.17) is 0 Å². The summed E-state index contributed by atoms with van der Waals surface area (Å²) in [7, 11) is 1.68. The van der Waals surface area contributed by atoms with Crippen LogP contribution in [0.25, 0.3) is 0 Å². The molecule has 6 heteroatoms. The van der Waals surface area contributed by atoms with Crippen molar-refractivity contribution >= 4 is 41.5 Å². The van der Waals surface area contributed by atoms with Crippen molar-refractivity contribution in [3.05, 3.63) is 42.5 Å². The summed E-state index contributed by atoms with van der Waals surface area (Å²) in [6.07, 6.45) is 3.79. The van der Waals surface area contributed by atoms with Crippen molar-refractivity contribution in [2.75, 3.05) is 31.6 Å². The van der Waals surface area contributed by atoms with Gasteiger partial charge in [-0.15, -0.1) is 30.6 Å². The maximum atomic E-state index is 12.4. The van der Waals surface area contributed by atoms with E-state index >= 15 is 0 Å². The van der Waals surface area contributed by atoms with Gasteiger partial charge >= 0.3 is 0 Å². The lowest BCUT2D eigenvalue weighted by Gasteiger charge is -2.29. The smallest absolute Gasteiger partial charge is 0.246 e. The van der Waals surface area contributed by atoms with Gasteiger partial charge in [0.15, 0.2) is 5.96 Å². The lowest BCUT2D eigenvalue weighted by molar-refractivity contribution is -0.117. The first kappa shape index (κ1) is 18.5. The average molecular weight is 414 g/mol. The fourth-order valence-corrected chi connectivity index (χ4v) is 2.44. The van der Waals surface area contributed by atoms with E-state index in [1.807, 2.05) is 23.1 Å². The van der Waals surface area contributed by atoms with Crippen LogP contribution in [0.1, 0.15) is 12.0 Å². The van der Waals surface area contributed by atoms with Crippen molar-refractivity contribution in [3.8, 4) is 0 Å². The van der Waals surface area contributed by atoms with Crippen LogP contribution in [0, 0.1) is 0 Å². The van der Waals surface area contributed by atoms with Crippen LogP contribution in [-0.2, 0) is 11.2 Å². The van der Waals surface area contributed by atoms with E-state index in [1.165, 1.54) is 5.56 Å². The largest absolute Gasteiger partial charge is 0.353 e. The summed E-state index contributed by atoms with van der Waals surface area (Å²) in [5.41, 5.74) is 2.27. The number of rotatable bonds is 4. The van der Waals surface area contributed by atoms with E-state index in [-0.39, 0.29) is 36.4 Å². The van der Waals surface area contributed by atoms with Gasteiger partial charge in [0.05, 0.1) is 6.54 Å². The number of carbonyl (C=O) groups is 1. The third kappa shape index (κ3) is 4.72. The van der Waals surface area contributed by atoms with Gasteiger partial charge in [-0.1, -0.05) is 24.3 Å². The third-order valence-electron chi connectivity index (χ3n) is 3.46. The van der Waals surface area contributed by atoms with Crippen molar-refractivity contribution in [2.24, 2.45) is 4.99 Å². The molecule has 0 radical (unpaired) electrons. The summed E-state index contributed by atoms with van der Waals surface area (Å²) >= 11 is 0. The lowest BCUT2D eigenvalue weighted by Crippen LogP contribution is -2.46. The number of hydrogen-bond acceptors (Lipinski definition) is 2. The molecule has 0 saturated heterocycles. The Balaban J connectivity index is 0.00000242. The second kappa shape index (κ2) is 9.45. The Kier molecular flexibility index (Phi) is 7.94. The number of aliphatic imine (C=N–C) groups is 1. The van der Waals surface area contributed by atoms with Crippen LogP contribution in [0.3, 0.4) is 0 Å². The zero-order valence-corrected chi connectivity index (χ0v) is 15.2. The number of benzene rings is 1. The second-order valence-electron chi connectivity index (χ2n) is 4.87. The molecule has 5 nitrogen and oxygen atoms in total. The van der Waals surface area contributed by atoms with Gasteiger partial charge in [-0.3, -0.25) is 9.79 Å². The molecule has 1 aliphatic rings. The first-order valence-corrected chi connectivity index (χ1v) is 7.20. The molecule has 0 spiro atoms. The Morgan fingerprint density at radius 1 is 1.41 bits per heavy atom. The van der Waals surface area contributed by atoms with Crippen molar-refractivity contribution in [1.82, 2.24) is 10.6 Å². The number of amides is 1. The highest BCUT2D eigenvalue weighted by molar-refractivity contribution is 14.0. The number of carbonyl (C=O) groups excluding carboxylic acids is 1. The fraction of sp³-hybridized carbons (Fsp3) is 0.375. The van der Waals surface area contributed by atoms with E-state index in [9.17, 15) is 4.79 Å². The minimum absolute atomic E-state index is 0. The second-order valence-corrected chi connectivity index (χ2v) is 4.87. The first-order valence-electron chi connectivity index (χ1n) is 7.20. The van der Waals surface area contributed by atoms with Crippen LogP contribution in [0.2, 0.25) is 0 Å². The number of hydrogen-bond donors (Lipinski definition) is 2. The number of halogens is 1. The monoisotopic (exact) mass is 414 g/mol. The zero-order valence-electron chi connectivity index (χ0n) is 12.8. The Hall–Kier alpha value is -1.57. The first-order chi connectivity index (χ1) is 10.3. The van der Waals surface area contributed by atoms with Crippen molar-refractivity contribution < 1.29 is 4.79 Å². The number of nitrogens with one attached hydrogen (secondary N) is 2. The van der Waals surface area contributed by atoms with E-state index in [0.717, 1.165) is 25.1 Å². The number of guanidine groups is 1. The summed E-state index contributed by atoms with van der Waals surface area (Å²) < 4.78 is 0. The molecular formula is C16H23IN4O. The summed E-state index contributed by atoms with van der Waals surface area (Å²) in [5, 5.41) is 6.08. The molecule has 0 bridgehead atoms. The molecule has 0 unspecified atom stereocenters. The third-order valence-corrected chi connectivity index (χ3v) is 3.46. The number of nitrogens with zero attached hydrogens (tertiary/aromatic N) is 2. The minimum Gasteiger partial charge on any atom is -0.353 e.